The third kappa shape index (κ3) is 3.18. The second-order valence-corrected chi connectivity index (χ2v) is 6.00. The monoisotopic (exact) mass is 307 g/mol. The molecule has 5 heteroatoms. The summed E-state index contributed by atoms with van der Waals surface area (Å²) in [7, 11) is 0. The fraction of sp³-hybridized carbons (Fsp3) is 0.375. The molecule has 0 aliphatic heterocycles. The standard InChI is InChI=1S/C16H18FNO2S/c1-3-10(2)18-13-14(19)11-6-4-5-7-12(11)15(20)16(13)21-9-8-17/h4-7,10,18H,3,8-9H2,1-2H3. The van der Waals surface area contributed by atoms with Gasteiger partial charge >= 0.3 is 0 Å². The number of ketones is 2. The first-order chi connectivity index (χ1) is 10.1. The second-order valence-electron chi connectivity index (χ2n) is 4.90. The molecule has 1 aliphatic carbocycles. The van der Waals surface area contributed by atoms with Crippen LogP contribution in [0.2, 0.25) is 0 Å². The van der Waals surface area contributed by atoms with E-state index in [1.807, 2.05) is 13.8 Å². The normalized spacial score (nSPS) is 16.0. The van der Waals surface area contributed by atoms with E-state index in [-0.39, 0.29) is 23.4 Å². The molecule has 1 aromatic carbocycles. The van der Waals surface area contributed by atoms with Gasteiger partial charge in [-0.25, -0.2) is 0 Å². The van der Waals surface area contributed by atoms with Crippen molar-refractivity contribution in [2.24, 2.45) is 0 Å². The lowest BCUT2D eigenvalue weighted by molar-refractivity contribution is 0.0973. The molecule has 1 aromatic rings. The first-order valence-electron chi connectivity index (χ1n) is 6.98. The number of halogens is 1. The maximum Gasteiger partial charge on any atom is 0.210 e. The molecule has 0 saturated carbocycles. The fourth-order valence-electron chi connectivity index (χ4n) is 2.11. The van der Waals surface area contributed by atoms with Crippen molar-refractivity contribution >= 4 is 23.3 Å². The summed E-state index contributed by atoms with van der Waals surface area (Å²) in [6.07, 6.45) is 0.827. The summed E-state index contributed by atoms with van der Waals surface area (Å²) in [6.45, 7) is 3.41. The Morgan fingerprint density at radius 2 is 1.81 bits per heavy atom. The van der Waals surface area contributed by atoms with E-state index in [1.54, 1.807) is 24.3 Å². The van der Waals surface area contributed by atoms with Crippen molar-refractivity contribution in [1.82, 2.24) is 5.32 Å². The van der Waals surface area contributed by atoms with Crippen molar-refractivity contribution in [2.45, 2.75) is 26.3 Å². The van der Waals surface area contributed by atoms with Crippen molar-refractivity contribution in [2.75, 3.05) is 12.4 Å². The Bertz CT molecular complexity index is 598. The minimum absolute atomic E-state index is 0.0722. The lowest BCUT2D eigenvalue weighted by Crippen LogP contribution is -2.34. The highest BCUT2D eigenvalue weighted by Crippen LogP contribution is 2.32. The number of carbonyl (C=O) groups is 2. The van der Waals surface area contributed by atoms with E-state index in [0.717, 1.165) is 18.2 Å². The van der Waals surface area contributed by atoms with E-state index in [2.05, 4.69) is 5.32 Å². The molecule has 0 aromatic heterocycles. The van der Waals surface area contributed by atoms with Gasteiger partial charge < -0.3 is 5.32 Å². The van der Waals surface area contributed by atoms with Crippen LogP contribution in [0.15, 0.2) is 34.9 Å². The van der Waals surface area contributed by atoms with Crippen LogP contribution in [0, 0.1) is 0 Å². The molecule has 3 nitrogen and oxygen atoms in total. The summed E-state index contributed by atoms with van der Waals surface area (Å²) in [5, 5.41) is 3.11. The number of thioether (sulfide) groups is 1. The summed E-state index contributed by atoms with van der Waals surface area (Å²) >= 11 is 1.11. The number of benzene rings is 1. The number of nitrogens with one attached hydrogen (secondary N) is 1. The number of carbonyl (C=O) groups excluding carboxylic acids is 2. The molecule has 0 saturated heterocycles. The summed E-state index contributed by atoms with van der Waals surface area (Å²) in [5.41, 5.74) is 1.13. The fourth-order valence-corrected chi connectivity index (χ4v) is 2.93. The zero-order valence-electron chi connectivity index (χ0n) is 12.1. The summed E-state index contributed by atoms with van der Waals surface area (Å²) in [4.78, 5) is 25.5. The molecule has 0 spiro atoms. The van der Waals surface area contributed by atoms with E-state index in [1.165, 1.54) is 0 Å². The molecule has 2 rings (SSSR count). The van der Waals surface area contributed by atoms with Gasteiger partial charge in [0.1, 0.15) is 5.70 Å². The first-order valence-corrected chi connectivity index (χ1v) is 7.96. The van der Waals surface area contributed by atoms with E-state index >= 15 is 0 Å². The summed E-state index contributed by atoms with van der Waals surface area (Å²) < 4.78 is 12.5. The molecule has 0 bridgehead atoms. The Morgan fingerprint density at radius 3 is 2.38 bits per heavy atom. The Balaban J connectivity index is 2.46. The van der Waals surface area contributed by atoms with Gasteiger partial charge in [-0.2, -0.15) is 0 Å². The van der Waals surface area contributed by atoms with Gasteiger partial charge in [0.25, 0.3) is 0 Å². The number of hydrogen-bond donors (Lipinski definition) is 1. The highest BCUT2D eigenvalue weighted by molar-refractivity contribution is 8.04. The quantitative estimate of drug-likeness (QED) is 0.875. The third-order valence-electron chi connectivity index (χ3n) is 3.40. The number of Topliss-reactive ketones (excluding diaryl/α,β-unsaturated/α-hetero) is 2. The van der Waals surface area contributed by atoms with E-state index in [9.17, 15) is 14.0 Å². The predicted molar refractivity (Wildman–Crippen MR) is 83.5 cm³/mol. The highest BCUT2D eigenvalue weighted by Gasteiger charge is 2.32. The van der Waals surface area contributed by atoms with Gasteiger partial charge in [-0.15, -0.1) is 11.8 Å². The first kappa shape index (κ1) is 15.8. The minimum Gasteiger partial charge on any atom is -0.378 e. The van der Waals surface area contributed by atoms with Crippen LogP contribution in [0.1, 0.15) is 41.0 Å². The van der Waals surface area contributed by atoms with Gasteiger partial charge in [0.2, 0.25) is 11.6 Å². The number of hydrogen-bond acceptors (Lipinski definition) is 4. The lowest BCUT2D eigenvalue weighted by Gasteiger charge is -2.23. The molecule has 0 fully saturated rings. The molecule has 1 unspecified atom stereocenters. The van der Waals surface area contributed by atoms with Crippen LogP contribution in [0.4, 0.5) is 4.39 Å². The Morgan fingerprint density at radius 1 is 1.19 bits per heavy atom. The van der Waals surface area contributed by atoms with E-state index in [4.69, 9.17) is 0 Å². The SMILES string of the molecule is CCC(C)NC1=C(SCCF)C(=O)c2ccccc2C1=O. The van der Waals surface area contributed by atoms with Gasteiger partial charge in [-0.3, -0.25) is 14.0 Å². The van der Waals surface area contributed by atoms with Crippen molar-refractivity contribution < 1.29 is 14.0 Å². The average molecular weight is 307 g/mol. The van der Waals surface area contributed by atoms with Crippen molar-refractivity contribution in [3.8, 4) is 0 Å². The molecule has 1 aliphatic rings. The molecule has 21 heavy (non-hydrogen) atoms. The molecule has 1 N–H and O–H groups in total. The third-order valence-corrected chi connectivity index (χ3v) is 4.44. The molecule has 0 radical (unpaired) electrons. The number of alkyl halides is 1. The molecular weight excluding hydrogens is 289 g/mol. The zero-order chi connectivity index (χ0) is 15.4. The van der Waals surface area contributed by atoms with Crippen LogP contribution in [0.5, 0.6) is 0 Å². The Kier molecular flexibility index (Phi) is 5.17. The smallest absolute Gasteiger partial charge is 0.210 e. The van der Waals surface area contributed by atoms with E-state index in [0.29, 0.717) is 21.7 Å². The van der Waals surface area contributed by atoms with Gasteiger partial charge in [0, 0.05) is 22.9 Å². The Labute approximate surface area is 128 Å². The van der Waals surface area contributed by atoms with Crippen molar-refractivity contribution in [1.29, 1.82) is 0 Å². The van der Waals surface area contributed by atoms with Crippen molar-refractivity contribution in [3.63, 3.8) is 0 Å². The highest BCUT2D eigenvalue weighted by atomic mass is 32.2. The number of fused-ring (bicyclic) bond motifs is 1. The van der Waals surface area contributed by atoms with Crippen LogP contribution in [0.3, 0.4) is 0 Å². The molecule has 112 valence electrons. The largest absolute Gasteiger partial charge is 0.378 e. The van der Waals surface area contributed by atoms with Gasteiger partial charge in [0.15, 0.2) is 0 Å². The lowest BCUT2D eigenvalue weighted by atomic mass is 9.92. The van der Waals surface area contributed by atoms with Crippen LogP contribution < -0.4 is 5.32 Å². The molecular formula is C16H18FNO2S. The van der Waals surface area contributed by atoms with Crippen molar-refractivity contribution in [3.05, 3.63) is 46.0 Å². The molecule has 1 atom stereocenters. The van der Waals surface area contributed by atoms with Gasteiger partial charge in [-0.1, -0.05) is 31.2 Å². The molecule has 0 amide bonds. The van der Waals surface area contributed by atoms with Gasteiger partial charge in [-0.05, 0) is 13.3 Å². The maximum absolute atomic E-state index is 12.6. The summed E-state index contributed by atoms with van der Waals surface area (Å²) in [5.74, 6) is -0.219. The van der Waals surface area contributed by atoms with Crippen LogP contribution in [-0.4, -0.2) is 30.0 Å². The number of allylic oxidation sites excluding steroid dienone is 2. The van der Waals surface area contributed by atoms with Gasteiger partial charge in [0.05, 0.1) is 11.6 Å². The maximum atomic E-state index is 12.6. The molecule has 0 heterocycles. The minimum atomic E-state index is -0.534. The predicted octanol–water partition coefficient (Wildman–Crippen LogP) is 3.37. The van der Waals surface area contributed by atoms with Crippen LogP contribution >= 0.6 is 11.8 Å². The second kappa shape index (κ2) is 6.89. The van der Waals surface area contributed by atoms with Crippen LogP contribution in [-0.2, 0) is 0 Å². The summed E-state index contributed by atoms with van der Waals surface area (Å²) in [6, 6.07) is 6.85. The number of rotatable bonds is 6. The van der Waals surface area contributed by atoms with Crippen LogP contribution in [0.25, 0.3) is 0 Å². The van der Waals surface area contributed by atoms with E-state index < -0.39 is 6.67 Å². The topological polar surface area (TPSA) is 46.2 Å². The Hall–Kier alpha value is -1.62. The zero-order valence-corrected chi connectivity index (χ0v) is 12.9. The average Bonchev–Trinajstić information content (AvgIpc) is 2.51.